The average Bonchev–Trinajstić information content (AvgIpc) is 3.31. The number of nitrogens with zero attached hydrogens (tertiary/aromatic N) is 1. The van der Waals surface area contributed by atoms with Gasteiger partial charge < -0.3 is 25.6 Å². The number of carbonyl (C=O) groups excluding carboxylic acids is 1. The number of hydrogen-bond acceptors (Lipinski definition) is 7. The molecule has 0 saturated carbocycles. The second-order valence-electron chi connectivity index (χ2n) is 9.18. The van der Waals surface area contributed by atoms with E-state index in [0.717, 1.165) is 5.56 Å². The summed E-state index contributed by atoms with van der Waals surface area (Å²) in [4.78, 5) is 12.7. The first-order valence-electron chi connectivity index (χ1n) is 11.8. The van der Waals surface area contributed by atoms with Gasteiger partial charge in [0.2, 0.25) is 10.0 Å². The molecule has 0 bridgehead atoms. The topological polar surface area (TPSA) is 131 Å². The molecule has 0 radical (unpaired) electrons. The van der Waals surface area contributed by atoms with Crippen molar-refractivity contribution in [3.63, 3.8) is 0 Å². The highest BCUT2D eigenvalue weighted by molar-refractivity contribution is 7.89. The van der Waals surface area contributed by atoms with Crippen LogP contribution in [0.5, 0.6) is 0 Å². The Bertz CT molecular complexity index is 1040. The molecule has 3 rings (SSSR count). The molecular weight excluding hydrogens is 470 g/mol. The van der Waals surface area contributed by atoms with Gasteiger partial charge in [0, 0.05) is 25.2 Å². The van der Waals surface area contributed by atoms with Crippen LogP contribution in [0.1, 0.15) is 25.8 Å². The van der Waals surface area contributed by atoms with Crippen LogP contribution >= 0.6 is 0 Å². The van der Waals surface area contributed by atoms with Crippen LogP contribution in [-0.2, 0) is 25.9 Å². The largest absolute Gasteiger partial charge is 0.444 e. The second kappa shape index (κ2) is 12.3. The standard InChI is InChI=1S/C25H35N3O6S/c1-18(2)15-28(35(31,32)22-10-8-20(26)9-11-22)16-24(29)23(14-19-6-4-3-5-7-19)27-25(30)34-21-12-13-33-17-21/h3-11,18,21,23-24,29H,12-17,26H2,1-2H3,(H,27,30)/t21-,23?,24-/m0/s1. The lowest BCUT2D eigenvalue weighted by Gasteiger charge is -2.30. The highest BCUT2D eigenvalue weighted by atomic mass is 32.2. The quantitative estimate of drug-likeness (QED) is 0.400. The van der Waals surface area contributed by atoms with Crippen molar-refractivity contribution in [1.82, 2.24) is 9.62 Å². The smallest absolute Gasteiger partial charge is 0.407 e. The maximum Gasteiger partial charge on any atom is 0.407 e. The van der Waals surface area contributed by atoms with Crippen molar-refractivity contribution in [3.05, 3.63) is 60.2 Å². The van der Waals surface area contributed by atoms with Gasteiger partial charge in [-0.25, -0.2) is 13.2 Å². The van der Waals surface area contributed by atoms with E-state index in [1.807, 2.05) is 44.2 Å². The molecule has 4 N–H and O–H groups in total. The summed E-state index contributed by atoms with van der Waals surface area (Å²) < 4.78 is 38.7. The molecule has 0 spiro atoms. The number of rotatable bonds is 11. The van der Waals surface area contributed by atoms with Gasteiger partial charge in [-0.1, -0.05) is 44.2 Å². The SMILES string of the molecule is CC(C)CN(C[C@H](O)C(Cc1ccccc1)NC(=O)O[C@H]1CCOC1)S(=O)(=O)c1ccc(N)cc1. The lowest BCUT2D eigenvalue weighted by atomic mass is 10.0. The van der Waals surface area contributed by atoms with Crippen LogP contribution in [0.15, 0.2) is 59.5 Å². The number of sulfonamides is 1. The lowest BCUT2D eigenvalue weighted by molar-refractivity contribution is 0.0644. The van der Waals surface area contributed by atoms with Crippen molar-refractivity contribution in [2.75, 3.05) is 32.0 Å². The zero-order valence-corrected chi connectivity index (χ0v) is 21.0. The molecule has 1 amide bonds. The number of anilines is 1. The molecule has 0 aliphatic carbocycles. The number of amides is 1. The van der Waals surface area contributed by atoms with Crippen molar-refractivity contribution >= 4 is 21.8 Å². The molecule has 0 aromatic heterocycles. The predicted octanol–water partition coefficient (Wildman–Crippen LogP) is 2.40. The normalized spacial score (nSPS) is 17.9. The van der Waals surface area contributed by atoms with E-state index < -0.39 is 28.3 Å². The zero-order valence-electron chi connectivity index (χ0n) is 20.2. The number of nitrogens with two attached hydrogens (primary N) is 1. The van der Waals surface area contributed by atoms with Gasteiger partial charge in [0.1, 0.15) is 6.10 Å². The van der Waals surface area contributed by atoms with E-state index in [1.165, 1.54) is 28.6 Å². The van der Waals surface area contributed by atoms with Crippen LogP contribution in [0.2, 0.25) is 0 Å². The molecule has 10 heteroatoms. The summed E-state index contributed by atoms with van der Waals surface area (Å²) in [6.45, 7) is 4.67. The Balaban J connectivity index is 1.80. The van der Waals surface area contributed by atoms with Gasteiger partial charge in [0.25, 0.3) is 0 Å². The Kier molecular flexibility index (Phi) is 9.50. The minimum Gasteiger partial charge on any atom is -0.444 e. The Morgan fingerprint density at radius 2 is 1.86 bits per heavy atom. The lowest BCUT2D eigenvalue weighted by Crippen LogP contribution is -2.51. The second-order valence-corrected chi connectivity index (χ2v) is 11.1. The van der Waals surface area contributed by atoms with Crippen LogP contribution in [0.3, 0.4) is 0 Å². The van der Waals surface area contributed by atoms with Crippen LogP contribution in [0.25, 0.3) is 0 Å². The monoisotopic (exact) mass is 505 g/mol. The van der Waals surface area contributed by atoms with Gasteiger partial charge in [-0.05, 0) is 42.2 Å². The van der Waals surface area contributed by atoms with Crippen molar-refractivity contribution < 1.29 is 27.8 Å². The molecule has 1 aliphatic rings. The molecule has 2 aromatic rings. The number of aliphatic hydroxyl groups excluding tert-OH is 1. The van der Waals surface area contributed by atoms with Crippen LogP contribution in [-0.4, -0.2) is 68.5 Å². The highest BCUT2D eigenvalue weighted by Gasteiger charge is 2.32. The number of hydrogen-bond donors (Lipinski definition) is 3. The molecule has 35 heavy (non-hydrogen) atoms. The van der Waals surface area contributed by atoms with Gasteiger partial charge in [0.15, 0.2) is 0 Å². The fraction of sp³-hybridized carbons (Fsp3) is 0.480. The summed E-state index contributed by atoms with van der Waals surface area (Å²) in [5.74, 6) is 0.0126. The molecule has 3 atom stereocenters. The molecule has 1 fully saturated rings. The molecule has 1 unspecified atom stereocenters. The van der Waals surface area contributed by atoms with E-state index in [2.05, 4.69) is 5.32 Å². The van der Waals surface area contributed by atoms with E-state index in [0.29, 0.717) is 31.7 Å². The minimum absolute atomic E-state index is 0.0126. The van der Waals surface area contributed by atoms with Crippen LogP contribution in [0.4, 0.5) is 10.5 Å². The van der Waals surface area contributed by atoms with E-state index >= 15 is 0 Å². The number of nitrogens with one attached hydrogen (secondary N) is 1. The van der Waals surface area contributed by atoms with E-state index in [4.69, 9.17) is 15.2 Å². The zero-order chi connectivity index (χ0) is 25.4. The number of benzene rings is 2. The molecular formula is C25H35N3O6S. The highest BCUT2D eigenvalue weighted by Crippen LogP contribution is 2.20. The summed E-state index contributed by atoms with van der Waals surface area (Å²) in [6.07, 6.45) is -1.29. The molecule has 1 saturated heterocycles. The van der Waals surface area contributed by atoms with Gasteiger partial charge in [-0.2, -0.15) is 4.31 Å². The van der Waals surface area contributed by atoms with Crippen molar-refractivity contribution in [1.29, 1.82) is 0 Å². The van der Waals surface area contributed by atoms with E-state index in [9.17, 15) is 18.3 Å². The van der Waals surface area contributed by atoms with Crippen molar-refractivity contribution in [2.45, 2.75) is 49.8 Å². The fourth-order valence-electron chi connectivity index (χ4n) is 3.90. The number of nitrogen functional groups attached to an aromatic ring is 1. The first-order chi connectivity index (χ1) is 16.6. The summed E-state index contributed by atoms with van der Waals surface area (Å²) in [7, 11) is -3.90. The third-order valence-electron chi connectivity index (χ3n) is 5.71. The summed E-state index contributed by atoms with van der Waals surface area (Å²) in [5.41, 5.74) is 7.06. The maximum absolute atomic E-state index is 13.4. The Morgan fingerprint density at radius 3 is 2.46 bits per heavy atom. The predicted molar refractivity (Wildman–Crippen MR) is 133 cm³/mol. The van der Waals surface area contributed by atoms with E-state index in [1.54, 1.807) is 0 Å². The van der Waals surface area contributed by atoms with Crippen LogP contribution < -0.4 is 11.1 Å². The number of alkyl carbamates (subject to hydrolysis) is 1. The van der Waals surface area contributed by atoms with Crippen molar-refractivity contribution in [3.8, 4) is 0 Å². The molecule has 9 nitrogen and oxygen atoms in total. The minimum atomic E-state index is -3.90. The summed E-state index contributed by atoms with van der Waals surface area (Å²) in [5, 5.41) is 13.9. The summed E-state index contributed by atoms with van der Waals surface area (Å²) >= 11 is 0. The van der Waals surface area contributed by atoms with Gasteiger partial charge in [-0.15, -0.1) is 0 Å². The van der Waals surface area contributed by atoms with Crippen LogP contribution in [0, 0.1) is 5.92 Å². The van der Waals surface area contributed by atoms with Gasteiger partial charge in [0.05, 0.1) is 30.3 Å². The first-order valence-corrected chi connectivity index (χ1v) is 13.2. The summed E-state index contributed by atoms with van der Waals surface area (Å²) in [6, 6.07) is 14.6. The first kappa shape index (κ1) is 26.9. The van der Waals surface area contributed by atoms with Crippen molar-refractivity contribution in [2.24, 2.45) is 5.92 Å². The Hall–Kier alpha value is -2.66. The Labute approximate surface area is 207 Å². The third-order valence-corrected chi connectivity index (χ3v) is 7.55. The van der Waals surface area contributed by atoms with Gasteiger partial charge >= 0.3 is 6.09 Å². The molecule has 1 heterocycles. The maximum atomic E-state index is 13.4. The number of ether oxygens (including phenoxy) is 2. The Morgan fingerprint density at radius 1 is 1.17 bits per heavy atom. The fourth-order valence-corrected chi connectivity index (χ4v) is 5.52. The molecule has 192 valence electrons. The molecule has 2 aromatic carbocycles. The number of aliphatic hydroxyl groups is 1. The molecule has 1 aliphatic heterocycles. The average molecular weight is 506 g/mol. The third kappa shape index (κ3) is 7.93. The van der Waals surface area contributed by atoms with E-state index in [-0.39, 0.29) is 30.0 Å². The van der Waals surface area contributed by atoms with Gasteiger partial charge in [-0.3, -0.25) is 0 Å². The number of carbonyl (C=O) groups is 1.